The molecule has 2 aromatic rings. The highest BCUT2D eigenvalue weighted by molar-refractivity contribution is 6.21. The van der Waals surface area contributed by atoms with Gasteiger partial charge in [-0.15, -0.1) is 0 Å². The number of fused-ring (bicyclic) bond motifs is 1. The molecule has 0 unspecified atom stereocenters. The van der Waals surface area contributed by atoms with Crippen molar-refractivity contribution in [3.05, 3.63) is 64.7 Å². The third kappa shape index (κ3) is 4.60. The molecule has 0 spiro atoms. The molecule has 8 nitrogen and oxygen atoms in total. The SMILES string of the molecule is Cc1cccc(OCC(=O)N2CCN(C(=O)CCN3C(=O)c4ccccc4C3=O)CC2)c1C. The molecule has 33 heavy (non-hydrogen) atoms. The molecular formula is C25H27N3O5. The summed E-state index contributed by atoms with van der Waals surface area (Å²) in [6.07, 6.45) is 0.0646. The number of hydrogen-bond acceptors (Lipinski definition) is 5. The number of amides is 4. The zero-order valence-electron chi connectivity index (χ0n) is 18.9. The minimum atomic E-state index is -0.359. The first-order valence-electron chi connectivity index (χ1n) is 11.1. The van der Waals surface area contributed by atoms with E-state index in [-0.39, 0.29) is 43.2 Å². The van der Waals surface area contributed by atoms with Crippen LogP contribution in [0.4, 0.5) is 0 Å². The van der Waals surface area contributed by atoms with Gasteiger partial charge in [-0.2, -0.15) is 0 Å². The second-order valence-electron chi connectivity index (χ2n) is 8.31. The fourth-order valence-electron chi connectivity index (χ4n) is 4.12. The first-order valence-corrected chi connectivity index (χ1v) is 11.1. The molecule has 0 N–H and O–H groups in total. The predicted octanol–water partition coefficient (Wildman–Crippen LogP) is 2.04. The van der Waals surface area contributed by atoms with Crippen LogP contribution in [0.1, 0.15) is 38.3 Å². The van der Waals surface area contributed by atoms with Gasteiger partial charge in [0.25, 0.3) is 17.7 Å². The minimum absolute atomic E-state index is 0.0437. The maximum Gasteiger partial charge on any atom is 0.261 e. The van der Waals surface area contributed by atoms with Crippen molar-refractivity contribution in [2.24, 2.45) is 0 Å². The molecule has 0 bridgehead atoms. The van der Waals surface area contributed by atoms with Crippen LogP contribution in [-0.4, -0.2) is 77.7 Å². The third-order valence-corrected chi connectivity index (χ3v) is 6.32. The quantitative estimate of drug-likeness (QED) is 0.630. The van der Waals surface area contributed by atoms with Crippen LogP contribution in [0.5, 0.6) is 5.75 Å². The molecule has 0 aliphatic carbocycles. The number of hydrogen-bond donors (Lipinski definition) is 0. The lowest BCUT2D eigenvalue weighted by Crippen LogP contribution is -2.52. The highest BCUT2D eigenvalue weighted by Crippen LogP contribution is 2.23. The van der Waals surface area contributed by atoms with Crippen LogP contribution in [0.3, 0.4) is 0 Å². The Morgan fingerprint density at radius 2 is 1.39 bits per heavy atom. The van der Waals surface area contributed by atoms with Gasteiger partial charge in [0.15, 0.2) is 6.61 Å². The number of ether oxygens (including phenoxy) is 1. The van der Waals surface area contributed by atoms with Crippen LogP contribution >= 0.6 is 0 Å². The Kier molecular flexibility index (Phi) is 6.44. The Hall–Kier alpha value is -3.68. The van der Waals surface area contributed by atoms with Gasteiger partial charge in [-0.1, -0.05) is 24.3 Å². The molecule has 172 valence electrons. The lowest BCUT2D eigenvalue weighted by molar-refractivity contribution is -0.140. The zero-order valence-corrected chi connectivity index (χ0v) is 18.9. The van der Waals surface area contributed by atoms with E-state index in [2.05, 4.69) is 0 Å². The molecule has 2 aliphatic heterocycles. The largest absolute Gasteiger partial charge is 0.483 e. The lowest BCUT2D eigenvalue weighted by atomic mass is 10.1. The zero-order chi connectivity index (χ0) is 23.5. The van der Waals surface area contributed by atoms with Crippen LogP contribution in [0.2, 0.25) is 0 Å². The molecule has 1 fully saturated rings. The second kappa shape index (κ2) is 9.44. The van der Waals surface area contributed by atoms with Gasteiger partial charge < -0.3 is 14.5 Å². The summed E-state index contributed by atoms with van der Waals surface area (Å²) in [7, 11) is 0. The summed E-state index contributed by atoms with van der Waals surface area (Å²) in [5.41, 5.74) is 2.88. The van der Waals surface area contributed by atoms with Gasteiger partial charge in [0.05, 0.1) is 11.1 Å². The van der Waals surface area contributed by atoms with E-state index in [0.29, 0.717) is 43.1 Å². The topological polar surface area (TPSA) is 87.2 Å². The smallest absolute Gasteiger partial charge is 0.261 e. The fraction of sp³-hybridized carbons (Fsp3) is 0.360. The Morgan fingerprint density at radius 1 is 0.818 bits per heavy atom. The van der Waals surface area contributed by atoms with Gasteiger partial charge >= 0.3 is 0 Å². The first-order chi connectivity index (χ1) is 15.9. The van der Waals surface area contributed by atoms with Gasteiger partial charge in [-0.05, 0) is 43.2 Å². The van der Waals surface area contributed by atoms with Crippen LogP contribution < -0.4 is 4.74 Å². The van der Waals surface area contributed by atoms with Crippen molar-refractivity contribution in [3.63, 3.8) is 0 Å². The van der Waals surface area contributed by atoms with Crippen LogP contribution in [-0.2, 0) is 9.59 Å². The molecule has 1 saturated heterocycles. The normalized spacial score (nSPS) is 15.6. The summed E-state index contributed by atoms with van der Waals surface area (Å²) < 4.78 is 5.71. The number of aryl methyl sites for hydroxylation is 1. The maximum absolute atomic E-state index is 12.6. The van der Waals surface area contributed by atoms with Crippen molar-refractivity contribution in [2.45, 2.75) is 20.3 Å². The van der Waals surface area contributed by atoms with E-state index in [1.54, 1.807) is 34.1 Å². The number of carbonyl (C=O) groups excluding carboxylic acids is 4. The minimum Gasteiger partial charge on any atom is -0.483 e. The van der Waals surface area contributed by atoms with Gasteiger partial charge in [-0.25, -0.2) is 0 Å². The van der Waals surface area contributed by atoms with Crippen molar-refractivity contribution >= 4 is 23.6 Å². The standard InChI is InChI=1S/C25H27N3O5/c1-17-6-5-9-21(18(17)2)33-16-23(30)27-14-12-26(13-15-27)22(29)10-11-28-24(31)19-7-3-4-8-20(19)25(28)32/h3-9H,10-16H2,1-2H3. The molecule has 0 aromatic heterocycles. The van der Waals surface area contributed by atoms with Gasteiger partial charge in [0, 0.05) is 39.1 Å². The molecule has 0 saturated carbocycles. The van der Waals surface area contributed by atoms with Crippen LogP contribution in [0, 0.1) is 13.8 Å². The second-order valence-corrected chi connectivity index (χ2v) is 8.31. The van der Waals surface area contributed by atoms with E-state index in [1.807, 2.05) is 32.0 Å². The molecule has 8 heteroatoms. The Labute approximate surface area is 192 Å². The molecule has 2 heterocycles. The predicted molar refractivity (Wildman–Crippen MR) is 121 cm³/mol. The fourth-order valence-corrected chi connectivity index (χ4v) is 4.12. The summed E-state index contributed by atoms with van der Waals surface area (Å²) in [5.74, 6) is -0.269. The molecule has 2 aromatic carbocycles. The molecule has 2 aliphatic rings. The summed E-state index contributed by atoms with van der Waals surface area (Å²) in [5, 5.41) is 0. The van der Waals surface area contributed by atoms with E-state index in [9.17, 15) is 19.2 Å². The molecule has 0 atom stereocenters. The van der Waals surface area contributed by atoms with Crippen molar-refractivity contribution in [1.29, 1.82) is 0 Å². The van der Waals surface area contributed by atoms with E-state index in [4.69, 9.17) is 4.74 Å². The van der Waals surface area contributed by atoms with Crippen LogP contribution in [0.25, 0.3) is 0 Å². The van der Waals surface area contributed by atoms with Gasteiger partial charge in [-0.3, -0.25) is 24.1 Å². The maximum atomic E-state index is 12.6. The number of benzene rings is 2. The van der Waals surface area contributed by atoms with Gasteiger partial charge in [0.2, 0.25) is 5.91 Å². The summed E-state index contributed by atoms with van der Waals surface area (Å²) in [6, 6.07) is 12.4. The van der Waals surface area contributed by atoms with Crippen molar-refractivity contribution in [1.82, 2.24) is 14.7 Å². The number of rotatable bonds is 6. The Bertz CT molecular complexity index is 1070. The Balaban J connectivity index is 1.23. The molecular weight excluding hydrogens is 422 g/mol. The van der Waals surface area contributed by atoms with Crippen molar-refractivity contribution < 1.29 is 23.9 Å². The number of piperazine rings is 1. The van der Waals surface area contributed by atoms with Crippen LogP contribution in [0.15, 0.2) is 42.5 Å². The monoisotopic (exact) mass is 449 g/mol. The highest BCUT2D eigenvalue weighted by atomic mass is 16.5. The summed E-state index contributed by atoms with van der Waals surface area (Å²) in [6.45, 7) is 5.63. The average Bonchev–Trinajstić information content (AvgIpc) is 3.08. The van der Waals surface area contributed by atoms with Crippen molar-refractivity contribution in [2.75, 3.05) is 39.3 Å². The van der Waals surface area contributed by atoms with Gasteiger partial charge in [0.1, 0.15) is 5.75 Å². The number of nitrogens with zero attached hydrogens (tertiary/aromatic N) is 3. The Morgan fingerprint density at radius 3 is 2.00 bits per heavy atom. The third-order valence-electron chi connectivity index (χ3n) is 6.32. The van der Waals surface area contributed by atoms with E-state index < -0.39 is 0 Å². The molecule has 4 rings (SSSR count). The van der Waals surface area contributed by atoms with E-state index >= 15 is 0 Å². The molecule has 0 radical (unpaired) electrons. The average molecular weight is 450 g/mol. The van der Waals surface area contributed by atoms with E-state index in [0.717, 1.165) is 16.0 Å². The first kappa shape index (κ1) is 22.5. The summed E-state index contributed by atoms with van der Waals surface area (Å²) in [4.78, 5) is 54.6. The summed E-state index contributed by atoms with van der Waals surface area (Å²) >= 11 is 0. The number of imide groups is 1. The lowest BCUT2D eigenvalue weighted by Gasteiger charge is -2.35. The van der Waals surface area contributed by atoms with Crippen molar-refractivity contribution in [3.8, 4) is 5.75 Å². The number of carbonyl (C=O) groups is 4. The molecule has 4 amide bonds. The van der Waals surface area contributed by atoms with E-state index in [1.165, 1.54) is 0 Å². The highest BCUT2D eigenvalue weighted by Gasteiger charge is 2.35.